The van der Waals surface area contributed by atoms with Crippen molar-refractivity contribution in [3.63, 3.8) is 0 Å². The Hall–Kier alpha value is -0.420. The lowest BCUT2D eigenvalue weighted by molar-refractivity contribution is 0.172. The van der Waals surface area contributed by atoms with Crippen molar-refractivity contribution in [1.29, 1.82) is 0 Å². The third-order valence-corrected chi connectivity index (χ3v) is 3.98. The summed E-state index contributed by atoms with van der Waals surface area (Å²) in [5.41, 5.74) is 1.41. The Morgan fingerprint density at radius 2 is 2.41 bits per heavy atom. The number of hydrogen-bond donors (Lipinski definition) is 1. The highest BCUT2D eigenvalue weighted by molar-refractivity contribution is 7.07. The Kier molecular flexibility index (Phi) is 4.98. The molecule has 1 fully saturated rings. The minimum atomic E-state index is 0.532. The smallest absolute Gasteiger partial charge is 0.0623 e. The zero-order chi connectivity index (χ0) is 12.1. The molecule has 1 N–H and O–H groups in total. The highest BCUT2D eigenvalue weighted by atomic mass is 32.1. The highest BCUT2D eigenvalue weighted by Gasteiger charge is 2.28. The van der Waals surface area contributed by atoms with Crippen LogP contribution in [-0.4, -0.2) is 44.3 Å². The predicted molar refractivity (Wildman–Crippen MR) is 72.4 cm³/mol. The van der Waals surface area contributed by atoms with Crippen LogP contribution in [0.25, 0.3) is 0 Å². The van der Waals surface area contributed by atoms with Crippen LogP contribution in [0.3, 0.4) is 0 Å². The van der Waals surface area contributed by atoms with E-state index in [0.29, 0.717) is 12.0 Å². The fourth-order valence-electron chi connectivity index (χ4n) is 2.43. The van der Waals surface area contributed by atoms with E-state index < -0.39 is 0 Å². The molecule has 0 aromatic carbocycles. The van der Waals surface area contributed by atoms with E-state index in [2.05, 4.69) is 41.0 Å². The lowest BCUT2D eigenvalue weighted by atomic mass is 10.0. The minimum absolute atomic E-state index is 0.532. The van der Waals surface area contributed by atoms with Crippen molar-refractivity contribution in [2.45, 2.75) is 19.5 Å². The van der Waals surface area contributed by atoms with Crippen LogP contribution < -0.4 is 5.32 Å². The lowest BCUT2D eigenvalue weighted by Crippen LogP contribution is -2.40. The molecule has 4 heteroatoms. The molecule has 1 aliphatic heterocycles. The second-order valence-electron chi connectivity index (χ2n) is 4.79. The zero-order valence-corrected chi connectivity index (χ0v) is 11.5. The van der Waals surface area contributed by atoms with E-state index in [1.807, 2.05) is 0 Å². The molecule has 2 heterocycles. The molecule has 0 bridgehead atoms. The maximum atomic E-state index is 5.57. The molecule has 0 amide bonds. The van der Waals surface area contributed by atoms with Crippen LogP contribution in [-0.2, 0) is 11.3 Å². The Morgan fingerprint density at radius 3 is 3.12 bits per heavy atom. The average Bonchev–Trinajstić information content (AvgIpc) is 2.92. The molecular weight excluding hydrogens is 232 g/mol. The maximum Gasteiger partial charge on any atom is 0.0623 e. The first-order chi connectivity index (χ1) is 8.29. The van der Waals surface area contributed by atoms with E-state index in [1.54, 1.807) is 11.3 Å². The van der Waals surface area contributed by atoms with Crippen LogP contribution in [0.5, 0.6) is 0 Å². The summed E-state index contributed by atoms with van der Waals surface area (Å²) in [5.74, 6) is 0.624. The Morgan fingerprint density at radius 1 is 1.53 bits per heavy atom. The Labute approximate surface area is 108 Å². The first-order valence-electron chi connectivity index (χ1n) is 6.30. The average molecular weight is 254 g/mol. The van der Waals surface area contributed by atoms with Crippen molar-refractivity contribution in [3.8, 4) is 0 Å². The molecule has 0 radical (unpaired) electrons. The number of ether oxygens (including phenoxy) is 1. The van der Waals surface area contributed by atoms with Crippen LogP contribution in [0.4, 0.5) is 0 Å². The molecule has 2 rings (SSSR count). The topological polar surface area (TPSA) is 24.5 Å². The summed E-state index contributed by atoms with van der Waals surface area (Å²) in [6.07, 6.45) is 0. The molecule has 1 saturated heterocycles. The van der Waals surface area contributed by atoms with Crippen molar-refractivity contribution in [2.75, 3.05) is 33.4 Å². The third-order valence-electron chi connectivity index (χ3n) is 3.24. The molecular formula is C13H22N2OS. The summed E-state index contributed by atoms with van der Waals surface area (Å²) < 4.78 is 5.57. The molecule has 0 aliphatic carbocycles. The summed E-state index contributed by atoms with van der Waals surface area (Å²) in [6, 6.07) is 2.73. The quantitative estimate of drug-likeness (QED) is 0.838. The fourth-order valence-corrected chi connectivity index (χ4v) is 3.09. The van der Waals surface area contributed by atoms with Gasteiger partial charge in [-0.15, -0.1) is 0 Å². The second-order valence-corrected chi connectivity index (χ2v) is 5.57. The normalized spacial score (nSPS) is 24.6. The van der Waals surface area contributed by atoms with Gasteiger partial charge in [0.25, 0.3) is 0 Å². The molecule has 0 saturated carbocycles. The summed E-state index contributed by atoms with van der Waals surface area (Å²) in [4.78, 5) is 2.39. The second kappa shape index (κ2) is 6.50. The van der Waals surface area contributed by atoms with Gasteiger partial charge >= 0.3 is 0 Å². The largest absolute Gasteiger partial charge is 0.379 e. The van der Waals surface area contributed by atoms with Gasteiger partial charge < -0.3 is 15.0 Å². The molecule has 2 unspecified atom stereocenters. The van der Waals surface area contributed by atoms with Crippen LogP contribution in [0, 0.1) is 5.92 Å². The fraction of sp³-hybridized carbons (Fsp3) is 0.692. The van der Waals surface area contributed by atoms with Crippen molar-refractivity contribution in [3.05, 3.63) is 22.4 Å². The van der Waals surface area contributed by atoms with Crippen molar-refractivity contribution >= 4 is 11.3 Å². The van der Waals surface area contributed by atoms with E-state index >= 15 is 0 Å². The SMILES string of the molecule is CCNC1COCC1CN(C)Cc1ccsc1. The standard InChI is InChI=1S/C13H22N2OS/c1-3-14-13-9-16-8-12(13)7-15(2)6-11-4-5-17-10-11/h4-5,10,12-14H,3,6-9H2,1-2H3. The van der Waals surface area contributed by atoms with Crippen molar-refractivity contribution in [2.24, 2.45) is 5.92 Å². The third kappa shape index (κ3) is 3.78. The lowest BCUT2D eigenvalue weighted by Gasteiger charge is -2.24. The van der Waals surface area contributed by atoms with Crippen LogP contribution >= 0.6 is 11.3 Å². The van der Waals surface area contributed by atoms with E-state index in [0.717, 1.165) is 32.8 Å². The first kappa shape index (κ1) is 13.0. The molecule has 3 nitrogen and oxygen atoms in total. The maximum absolute atomic E-state index is 5.57. The van der Waals surface area contributed by atoms with E-state index in [-0.39, 0.29) is 0 Å². The van der Waals surface area contributed by atoms with Gasteiger partial charge in [-0.05, 0) is 36.0 Å². The number of nitrogens with one attached hydrogen (secondary N) is 1. The van der Waals surface area contributed by atoms with Crippen molar-refractivity contribution in [1.82, 2.24) is 10.2 Å². The Balaban J connectivity index is 1.79. The minimum Gasteiger partial charge on any atom is -0.379 e. The Bertz CT molecular complexity index is 315. The van der Waals surface area contributed by atoms with Gasteiger partial charge in [-0.3, -0.25) is 0 Å². The molecule has 1 aromatic heterocycles. The van der Waals surface area contributed by atoms with Crippen LogP contribution in [0.2, 0.25) is 0 Å². The molecule has 0 spiro atoms. The number of thiophene rings is 1. The zero-order valence-electron chi connectivity index (χ0n) is 10.7. The highest BCUT2D eigenvalue weighted by Crippen LogP contribution is 2.16. The van der Waals surface area contributed by atoms with E-state index in [9.17, 15) is 0 Å². The molecule has 1 aliphatic rings. The number of rotatable bonds is 6. The van der Waals surface area contributed by atoms with Gasteiger partial charge in [0.1, 0.15) is 0 Å². The van der Waals surface area contributed by atoms with E-state index in [1.165, 1.54) is 5.56 Å². The number of likely N-dealkylation sites (N-methyl/N-ethyl adjacent to an activating group) is 1. The predicted octanol–water partition coefficient (Wildman–Crippen LogP) is 1.80. The van der Waals surface area contributed by atoms with Gasteiger partial charge in [-0.1, -0.05) is 6.92 Å². The number of hydrogen-bond acceptors (Lipinski definition) is 4. The first-order valence-corrected chi connectivity index (χ1v) is 7.24. The van der Waals surface area contributed by atoms with Gasteiger partial charge in [0.15, 0.2) is 0 Å². The molecule has 17 heavy (non-hydrogen) atoms. The van der Waals surface area contributed by atoms with Gasteiger partial charge in [0, 0.05) is 25.0 Å². The van der Waals surface area contributed by atoms with Crippen molar-refractivity contribution < 1.29 is 4.74 Å². The molecule has 1 aromatic rings. The van der Waals surface area contributed by atoms with E-state index in [4.69, 9.17) is 4.74 Å². The van der Waals surface area contributed by atoms with Crippen LogP contribution in [0.1, 0.15) is 12.5 Å². The summed E-state index contributed by atoms with van der Waals surface area (Å²) in [5, 5.41) is 7.88. The van der Waals surface area contributed by atoms with Gasteiger partial charge in [-0.2, -0.15) is 11.3 Å². The van der Waals surface area contributed by atoms with Crippen LogP contribution in [0.15, 0.2) is 16.8 Å². The van der Waals surface area contributed by atoms with Gasteiger partial charge in [0.2, 0.25) is 0 Å². The molecule has 96 valence electrons. The van der Waals surface area contributed by atoms with Gasteiger partial charge in [0.05, 0.1) is 13.2 Å². The molecule has 2 atom stereocenters. The summed E-state index contributed by atoms with van der Waals surface area (Å²) in [6.45, 7) is 7.09. The van der Waals surface area contributed by atoms with Gasteiger partial charge in [-0.25, -0.2) is 0 Å². The monoisotopic (exact) mass is 254 g/mol. The summed E-state index contributed by atoms with van der Waals surface area (Å²) >= 11 is 1.77. The number of nitrogens with zero attached hydrogens (tertiary/aromatic N) is 1. The summed E-state index contributed by atoms with van der Waals surface area (Å²) in [7, 11) is 2.19.